The van der Waals surface area contributed by atoms with Gasteiger partial charge in [-0.3, -0.25) is 9.78 Å². The maximum atomic E-state index is 12.8. The lowest BCUT2D eigenvalue weighted by Gasteiger charge is -2.32. The molecule has 1 atom stereocenters. The van der Waals surface area contributed by atoms with Crippen molar-refractivity contribution in [3.63, 3.8) is 0 Å². The molecule has 1 aliphatic rings. The van der Waals surface area contributed by atoms with E-state index in [1.54, 1.807) is 23.4 Å². The van der Waals surface area contributed by atoms with Crippen molar-refractivity contribution in [2.45, 2.75) is 57.8 Å². The van der Waals surface area contributed by atoms with Crippen molar-refractivity contribution in [1.29, 1.82) is 0 Å². The van der Waals surface area contributed by atoms with Crippen molar-refractivity contribution in [2.24, 2.45) is 0 Å². The van der Waals surface area contributed by atoms with E-state index in [9.17, 15) is 14.7 Å². The van der Waals surface area contributed by atoms with Crippen molar-refractivity contribution >= 4 is 12.0 Å². The first-order valence-electron chi connectivity index (χ1n) is 8.59. The van der Waals surface area contributed by atoms with E-state index in [1.807, 2.05) is 26.8 Å². The first-order valence-corrected chi connectivity index (χ1v) is 8.59. The van der Waals surface area contributed by atoms with Crippen LogP contribution in [-0.4, -0.2) is 57.8 Å². The third-order valence-electron chi connectivity index (χ3n) is 3.92. The number of hydrogen-bond acceptors (Lipinski definition) is 5. The highest BCUT2D eigenvalue weighted by Crippen LogP contribution is 2.15. The van der Waals surface area contributed by atoms with Crippen LogP contribution in [0.5, 0.6) is 0 Å². The molecule has 0 saturated carbocycles. The number of aliphatic hydroxyl groups excluding tert-OH is 1. The van der Waals surface area contributed by atoms with E-state index < -0.39 is 17.7 Å². The third kappa shape index (κ3) is 6.34. The highest BCUT2D eigenvalue weighted by atomic mass is 16.6. The molecule has 1 unspecified atom stereocenters. The first kappa shape index (κ1) is 19.2. The molecule has 1 aliphatic heterocycles. The van der Waals surface area contributed by atoms with Gasteiger partial charge in [0.05, 0.1) is 6.10 Å². The lowest BCUT2D eigenvalue weighted by molar-refractivity contribution is -0.142. The van der Waals surface area contributed by atoms with Crippen LogP contribution in [0, 0.1) is 0 Å². The maximum absolute atomic E-state index is 12.8. The van der Waals surface area contributed by atoms with E-state index in [4.69, 9.17) is 4.74 Å². The molecule has 0 bridgehead atoms. The summed E-state index contributed by atoms with van der Waals surface area (Å²) in [6.07, 6.45) is 2.76. The molecular weight excluding hydrogens is 322 g/mol. The number of likely N-dealkylation sites (tertiary alicyclic amines) is 1. The Labute approximate surface area is 148 Å². The van der Waals surface area contributed by atoms with Gasteiger partial charge in [0.2, 0.25) is 0 Å². The van der Waals surface area contributed by atoms with Crippen LogP contribution < -0.4 is 5.32 Å². The van der Waals surface area contributed by atoms with Gasteiger partial charge in [0, 0.05) is 37.4 Å². The van der Waals surface area contributed by atoms with Gasteiger partial charge in [-0.15, -0.1) is 0 Å². The number of aliphatic hydroxyl groups is 1. The van der Waals surface area contributed by atoms with Crippen LogP contribution >= 0.6 is 0 Å². The predicted molar refractivity (Wildman–Crippen MR) is 92.9 cm³/mol. The maximum Gasteiger partial charge on any atom is 0.408 e. The summed E-state index contributed by atoms with van der Waals surface area (Å²) in [6.45, 7) is 6.47. The van der Waals surface area contributed by atoms with Crippen molar-refractivity contribution in [1.82, 2.24) is 15.2 Å². The monoisotopic (exact) mass is 349 g/mol. The summed E-state index contributed by atoms with van der Waals surface area (Å²) in [4.78, 5) is 30.7. The van der Waals surface area contributed by atoms with Crippen LogP contribution in [0.3, 0.4) is 0 Å². The highest BCUT2D eigenvalue weighted by Gasteiger charge is 2.31. The van der Waals surface area contributed by atoms with Crippen LogP contribution in [0.15, 0.2) is 24.5 Å². The quantitative estimate of drug-likeness (QED) is 0.859. The molecule has 1 saturated heterocycles. The second-order valence-electron chi connectivity index (χ2n) is 7.39. The molecule has 1 fully saturated rings. The molecule has 7 nitrogen and oxygen atoms in total. The molecule has 2 rings (SSSR count). The van der Waals surface area contributed by atoms with Crippen LogP contribution in [0.25, 0.3) is 0 Å². The van der Waals surface area contributed by atoms with E-state index in [2.05, 4.69) is 10.3 Å². The average molecular weight is 349 g/mol. The van der Waals surface area contributed by atoms with Gasteiger partial charge in [0.1, 0.15) is 0 Å². The summed E-state index contributed by atoms with van der Waals surface area (Å²) >= 11 is 0. The van der Waals surface area contributed by atoms with Crippen LogP contribution in [0.2, 0.25) is 0 Å². The van der Waals surface area contributed by atoms with Gasteiger partial charge >= 0.3 is 6.09 Å². The fourth-order valence-corrected chi connectivity index (χ4v) is 2.67. The zero-order valence-corrected chi connectivity index (χ0v) is 15.1. The van der Waals surface area contributed by atoms with Gasteiger partial charge in [0.15, 0.2) is 6.10 Å². The fourth-order valence-electron chi connectivity index (χ4n) is 2.67. The number of piperidine rings is 1. The number of rotatable bonds is 4. The number of nitrogens with zero attached hydrogens (tertiary/aromatic N) is 2. The number of carbonyl (C=O) groups excluding carboxylic acids is 2. The number of alkyl carbamates (subject to hydrolysis) is 1. The highest BCUT2D eigenvalue weighted by molar-refractivity contribution is 5.84. The van der Waals surface area contributed by atoms with E-state index in [0.717, 1.165) is 5.56 Å². The lowest BCUT2D eigenvalue weighted by atomic mass is 10.0. The van der Waals surface area contributed by atoms with Gasteiger partial charge in [0.25, 0.3) is 5.91 Å². The molecule has 1 aromatic rings. The predicted octanol–water partition coefficient (Wildman–Crippen LogP) is 1.50. The van der Waals surface area contributed by atoms with Gasteiger partial charge in [-0.2, -0.15) is 0 Å². The molecule has 0 aromatic carbocycles. The SMILES string of the molecule is CC(C)(C)NC(=O)OC(Cc1cccnc1)C(=O)N1CCC(O)CC1. The number of nitrogens with one attached hydrogen (secondary N) is 1. The van der Waals surface area contributed by atoms with Crippen LogP contribution in [0.4, 0.5) is 4.79 Å². The molecule has 138 valence electrons. The summed E-state index contributed by atoms with van der Waals surface area (Å²) in [5, 5.41) is 12.3. The molecule has 25 heavy (non-hydrogen) atoms. The zero-order chi connectivity index (χ0) is 18.4. The average Bonchev–Trinajstić information content (AvgIpc) is 2.53. The molecule has 0 radical (unpaired) electrons. The van der Waals surface area contributed by atoms with E-state index in [0.29, 0.717) is 25.9 Å². The summed E-state index contributed by atoms with van der Waals surface area (Å²) < 4.78 is 5.44. The van der Waals surface area contributed by atoms with Gasteiger partial charge in [-0.1, -0.05) is 6.07 Å². The Morgan fingerprint density at radius 2 is 2.08 bits per heavy atom. The Morgan fingerprint density at radius 1 is 1.40 bits per heavy atom. The molecule has 2 N–H and O–H groups in total. The number of carbonyl (C=O) groups is 2. The standard InChI is InChI=1S/C18H27N3O4/c1-18(2,3)20-17(24)25-15(11-13-5-4-8-19-12-13)16(23)21-9-6-14(22)7-10-21/h4-5,8,12,14-15,22H,6-7,9-11H2,1-3H3,(H,20,24). The Hall–Kier alpha value is -2.15. The minimum absolute atomic E-state index is 0.236. The van der Waals surface area contributed by atoms with Crippen LogP contribution in [-0.2, 0) is 16.0 Å². The molecule has 2 amide bonds. The molecule has 1 aromatic heterocycles. The number of ether oxygens (including phenoxy) is 1. The molecule has 2 heterocycles. The number of hydrogen-bond donors (Lipinski definition) is 2. The van der Waals surface area contributed by atoms with Crippen molar-refractivity contribution in [3.05, 3.63) is 30.1 Å². The van der Waals surface area contributed by atoms with Gasteiger partial charge in [-0.05, 0) is 45.2 Å². The normalized spacial score (nSPS) is 17.0. The van der Waals surface area contributed by atoms with E-state index in [-0.39, 0.29) is 18.4 Å². The minimum Gasteiger partial charge on any atom is -0.436 e. The molecule has 7 heteroatoms. The molecule has 0 spiro atoms. The lowest BCUT2D eigenvalue weighted by Crippen LogP contribution is -2.49. The summed E-state index contributed by atoms with van der Waals surface area (Å²) in [6, 6.07) is 3.63. The smallest absolute Gasteiger partial charge is 0.408 e. The van der Waals surface area contributed by atoms with Crippen molar-refractivity contribution in [2.75, 3.05) is 13.1 Å². The summed E-state index contributed by atoms with van der Waals surface area (Å²) in [7, 11) is 0. The largest absolute Gasteiger partial charge is 0.436 e. The second kappa shape index (κ2) is 8.29. The number of amides is 2. The van der Waals surface area contributed by atoms with Crippen molar-refractivity contribution in [3.8, 4) is 0 Å². The van der Waals surface area contributed by atoms with E-state index >= 15 is 0 Å². The fraction of sp³-hybridized carbons (Fsp3) is 0.611. The van der Waals surface area contributed by atoms with Gasteiger partial charge < -0.3 is 20.1 Å². The molecule has 0 aliphatic carbocycles. The summed E-state index contributed by atoms with van der Waals surface area (Å²) in [5.41, 5.74) is 0.371. The Bertz CT molecular complexity index is 578. The Kier molecular flexibility index (Phi) is 6.36. The minimum atomic E-state index is -0.915. The second-order valence-corrected chi connectivity index (χ2v) is 7.39. The Morgan fingerprint density at radius 3 is 2.64 bits per heavy atom. The first-order chi connectivity index (χ1) is 11.7. The summed E-state index contributed by atoms with van der Waals surface area (Å²) in [5.74, 6) is -0.236. The topological polar surface area (TPSA) is 91.8 Å². The van der Waals surface area contributed by atoms with Crippen LogP contribution in [0.1, 0.15) is 39.2 Å². The number of pyridine rings is 1. The third-order valence-corrected chi connectivity index (χ3v) is 3.92. The molecular formula is C18H27N3O4. The van der Waals surface area contributed by atoms with Gasteiger partial charge in [-0.25, -0.2) is 4.79 Å². The van der Waals surface area contributed by atoms with E-state index in [1.165, 1.54) is 0 Å². The zero-order valence-electron chi connectivity index (χ0n) is 15.1. The van der Waals surface area contributed by atoms with Crippen molar-refractivity contribution < 1.29 is 19.4 Å². The Balaban J connectivity index is 2.08. The number of aromatic nitrogens is 1.